The van der Waals surface area contributed by atoms with Gasteiger partial charge in [-0.3, -0.25) is 4.98 Å². The van der Waals surface area contributed by atoms with Crippen molar-refractivity contribution < 1.29 is 17.9 Å². The molecule has 2 N–H and O–H groups in total. The Hall–Kier alpha value is -2.22. The van der Waals surface area contributed by atoms with E-state index in [2.05, 4.69) is 9.98 Å². The van der Waals surface area contributed by atoms with Crippen molar-refractivity contribution in [2.45, 2.75) is 25.8 Å². The first-order valence-corrected chi connectivity index (χ1v) is 8.41. The number of pyridine rings is 1. The fraction of sp³-hybridized carbons (Fsp3) is 0.294. The van der Waals surface area contributed by atoms with E-state index in [1.807, 2.05) is 31.2 Å². The van der Waals surface area contributed by atoms with E-state index in [4.69, 9.17) is 10.5 Å². The lowest BCUT2D eigenvalue weighted by atomic mass is 10.2. The van der Waals surface area contributed by atoms with Crippen LogP contribution >= 0.6 is 11.8 Å². The van der Waals surface area contributed by atoms with Crippen LogP contribution < -0.4 is 10.5 Å². The van der Waals surface area contributed by atoms with Crippen LogP contribution in [0.3, 0.4) is 0 Å². The van der Waals surface area contributed by atoms with E-state index in [9.17, 15) is 13.2 Å². The molecule has 0 aliphatic rings. The molecular weight excluding hydrogens is 351 g/mol. The van der Waals surface area contributed by atoms with Gasteiger partial charge in [0.25, 0.3) is 0 Å². The Morgan fingerprint density at radius 2 is 1.96 bits per heavy atom. The number of aryl methyl sites for hydroxylation is 1. The van der Waals surface area contributed by atoms with Crippen LogP contribution in [0.1, 0.15) is 16.8 Å². The highest BCUT2D eigenvalue weighted by Gasteiger charge is 2.28. The molecular formula is C17H18F3N3OS. The normalized spacial score (nSPS) is 12.3. The molecule has 0 atom stereocenters. The van der Waals surface area contributed by atoms with Gasteiger partial charge in [-0.2, -0.15) is 13.2 Å². The van der Waals surface area contributed by atoms with Crippen LogP contribution in [-0.2, 0) is 5.75 Å². The fourth-order valence-corrected chi connectivity index (χ4v) is 2.74. The minimum atomic E-state index is -4.38. The lowest BCUT2D eigenvalue weighted by Crippen LogP contribution is -2.19. The van der Waals surface area contributed by atoms with Crippen molar-refractivity contribution in [2.24, 2.45) is 10.7 Å². The number of nitrogens with zero attached hydrogens (tertiary/aromatic N) is 2. The van der Waals surface area contributed by atoms with Crippen LogP contribution in [0.5, 0.6) is 5.75 Å². The van der Waals surface area contributed by atoms with Gasteiger partial charge in [0.05, 0.1) is 11.4 Å². The summed E-state index contributed by atoms with van der Waals surface area (Å²) in [6.45, 7) is 2.27. The quantitative estimate of drug-likeness (QED) is 0.622. The van der Waals surface area contributed by atoms with Crippen molar-refractivity contribution in [3.05, 3.63) is 53.3 Å². The molecule has 0 saturated carbocycles. The number of hydrogen-bond acceptors (Lipinski definition) is 4. The first kappa shape index (κ1) is 19.1. The third-order valence-corrected chi connectivity index (χ3v) is 4.16. The Balaban J connectivity index is 2.04. The van der Waals surface area contributed by atoms with Gasteiger partial charge in [-0.05, 0) is 31.5 Å². The van der Waals surface area contributed by atoms with Crippen molar-refractivity contribution in [1.29, 1.82) is 0 Å². The Bertz CT molecular complexity index is 763. The Kier molecular flexibility index (Phi) is 6.30. The van der Waals surface area contributed by atoms with Gasteiger partial charge >= 0.3 is 6.18 Å². The van der Waals surface area contributed by atoms with Crippen molar-refractivity contribution in [2.75, 3.05) is 6.61 Å². The predicted molar refractivity (Wildman–Crippen MR) is 94.3 cm³/mol. The zero-order valence-electron chi connectivity index (χ0n) is 13.8. The molecule has 0 fully saturated rings. The molecule has 0 aliphatic carbocycles. The van der Waals surface area contributed by atoms with Crippen molar-refractivity contribution in [1.82, 2.24) is 4.98 Å². The fourth-order valence-electron chi connectivity index (χ4n) is 2.00. The highest BCUT2D eigenvalue weighted by molar-refractivity contribution is 8.13. The van der Waals surface area contributed by atoms with E-state index in [0.29, 0.717) is 22.2 Å². The zero-order chi connectivity index (χ0) is 18.4. The molecule has 2 aromatic rings. The van der Waals surface area contributed by atoms with Crippen LogP contribution in [-0.4, -0.2) is 22.9 Å². The number of halogens is 3. The second kappa shape index (κ2) is 8.24. The van der Waals surface area contributed by atoms with E-state index < -0.39 is 12.8 Å². The first-order valence-electron chi connectivity index (χ1n) is 7.43. The number of nitrogens with two attached hydrogens (primary N) is 1. The number of ether oxygens (including phenoxy) is 1. The molecule has 134 valence electrons. The van der Waals surface area contributed by atoms with Crippen LogP contribution in [0.25, 0.3) is 0 Å². The number of aliphatic imine (C=N–C) groups is 1. The number of thioether (sulfide) groups is 1. The molecule has 2 rings (SSSR count). The highest BCUT2D eigenvalue weighted by atomic mass is 32.2. The van der Waals surface area contributed by atoms with Gasteiger partial charge < -0.3 is 10.5 Å². The van der Waals surface area contributed by atoms with E-state index >= 15 is 0 Å². The summed E-state index contributed by atoms with van der Waals surface area (Å²) in [6.07, 6.45) is -2.96. The molecule has 0 radical (unpaired) electrons. The SMILES string of the molecule is Cc1ccccc1N=C(N)SCc1nccc(OCC(F)(F)F)c1C. The minimum absolute atomic E-state index is 0.164. The molecule has 1 heterocycles. The van der Waals surface area contributed by atoms with Crippen LogP contribution in [0.2, 0.25) is 0 Å². The van der Waals surface area contributed by atoms with Crippen molar-refractivity contribution in [3.8, 4) is 5.75 Å². The molecule has 0 bridgehead atoms. The summed E-state index contributed by atoms with van der Waals surface area (Å²) < 4.78 is 41.7. The third kappa shape index (κ3) is 5.97. The standard InChI is InChI=1S/C17H18F3N3OS/c1-11-5-3-4-6-13(11)23-16(21)25-9-14-12(2)15(7-8-22-14)24-10-17(18,19)20/h3-8H,9-10H2,1-2H3,(H2,21,23). The largest absolute Gasteiger partial charge is 0.484 e. The molecule has 8 heteroatoms. The lowest BCUT2D eigenvalue weighted by Gasteiger charge is -2.13. The summed E-state index contributed by atoms with van der Waals surface area (Å²) in [7, 11) is 0. The lowest BCUT2D eigenvalue weighted by molar-refractivity contribution is -0.153. The number of rotatable bonds is 5. The van der Waals surface area contributed by atoms with E-state index in [0.717, 1.165) is 11.3 Å². The summed E-state index contributed by atoms with van der Waals surface area (Å²) >= 11 is 1.27. The smallest absolute Gasteiger partial charge is 0.422 e. The van der Waals surface area contributed by atoms with E-state index in [1.165, 1.54) is 24.0 Å². The second-order valence-electron chi connectivity index (χ2n) is 5.31. The number of alkyl halides is 3. The minimum Gasteiger partial charge on any atom is -0.484 e. The number of benzene rings is 1. The van der Waals surface area contributed by atoms with Crippen LogP contribution in [0.4, 0.5) is 18.9 Å². The maximum absolute atomic E-state index is 12.3. The Morgan fingerprint density at radius 1 is 1.24 bits per heavy atom. The molecule has 1 aromatic carbocycles. The molecule has 0 amide bonds. The van der Waals surface area contributed by atoms with Crippen LogP contribution in [0.15, 0.2) is 41.5 Å². The zero-order valence-corrected chi connectivity index (χ0v) is 14.6. The molecule has 0 saturated heterocycles. The maximum atomic E-state index is 12.3. The molecule has 0 aliphatic heterocycles. The summed E-state index contributed by atoms with van der Waals surface area (Å²) in [5.74, 6) is 0.549. The molecule has 0 unspecified atom stereocenters. The van der Waals surface area contributed by atoms with Gasteiger partial charge in [-0.25, -0.2) is 4.99 Å². The molecule has 4 nitrogen and oxygen atoms in total. The van der Waals surface area contributed by atoms with Crippen molar-refractivity contribution in [3.63, 3.8) is 0 Å². The summed E-state index contributed by atoms with van der Waals surface area (Å²) in [5, 5.41) is 0.358. The summed E-state index contributed by atoms with van der Waals surface area (Å²) in [6, 6.07) is 9.00. The van der Waals surface area contributed by atoms with E-state index in [1.54, 1.807) is 6.92 Å². The number of hydrogen-bond donors (Lipinski definition) is 1. The Morgan fingerprint density at radius 3 is 2.64 bits per heavy atom. The number of para-hydroxylation sites is 1. The number of aromatic nitrogens is 1. The monoisotopic (exact) mass is 369 g/mol. The van der Waals surface area contributed by atoms with Gasteiger partial charge in [0.2, 0.25) is 0 Å². The van der Waals surface area contributed by atoms with Crippen molar-refractivity contribution >= 4 is 22.6 Å². The topological polar surface area (TPSA) is 60.5 Å². The average Bonchev–Trinajstić information content (AvgIpc) is 2.54. The molecule has 1 aromatic heterocycles. The van der Waals surface area contributed by atoms with Gasteiger partial charge in [-0.15, -0.1) is 0 Å². The number of amidine groups is 1. The maximum Gasteiger partial charge on any atom is 0.422 e. The first-order chi connectivity index (χ1) is 11.8. The van der Waals surface area contributed by atoms with E-state index in [-0.39, 0.29) is 5.75 Å². The third-order valence-electron chi connectivity index (χ3n) is 3.35. The van der Waals surface area contributed by atoms with Gasteiger partial charge in [0.15, 0.2) is 11.8 Å². The summed E-state index contributed by atoms with van der Waals surface area (Å²) in [5.41, 5.74) is 8.87. The molecule has 25 heavy (non-hydrogen) atoms. The van der Waals surface area contributed by atoms with Crippen LogP contribution in [0, 0.1) is 13.8 Å². The second-order valence-corrected chi connectivity index (χ2v) is 6.31. The summed E-state index contributed by atoms with van der Waals surface area (Å²) in [4.78, 5) is 8.53. The average molecular weight is 369 g/mol. The highest BCUT2D eigenvalue weighted by Crippen LogP contribution is 2.26. The van der Waals surface area contributed by atoms with Gasteiger partial charge in [-0.1, -0.05) is 30.0 Å². The molecule has 0 spiro atoms. The van der Waals surface area contributed by atoms with Gasteiger partial charge in [0.1, 0.15) is 5.75 Å². The predicted octanol–water partition coefficient (Wildman–Crippen LogP) is 4.52. The van der Waals surface area contributed by atoms with Gasteiger partial charge in [0, 0.05) is 17.5 Å². The Labute approximate surface area is 148 Å².